The summed E-state index contributed by atoms with van der Waals surface area (Å²) in [6.45, 7) is 0.821. The number of benzene rings is 2. The first kappa shape index (κ1) is 20.6. The molecule has 0 radical (unpaired) electrons. The Morgan fingerprint density at radius 1 is 1.06 bits per heavy atom. The minimum Gasteiger partial charge on any atom is -0.507 e. The predicted octanol–water partition coefficient (Wildman–Crippen LogP) is 3.49. The predicted molar refractivity (Wildman–Crippen MR) is 119 cm³/mol. The lowest BCUT2D eigenvalue weighted by molar-refractivity contribution is -0.132. The third kappa shape index (κ3) is 3.55. The monoisotopic (exact) mass is 444 g/mol. The van der Waals surface area contributed by atoms with Crippen LogP contribution in [0.25, 0.3) is 5.76 Å². The number of fused-ring (bicyclic) bond motifs is 1. The molecule has 8 heteroatoms. The van der Waals surface area contributed by atoms with Crippen LogP contribution in [0.5, 0.6) is 17.2 Å². The average Bonchev–Trinajstić information content (AvgIpc) is 3.14. The van der Waals surface area contributed by atoms with Crippen LogP contribution in [0.2, 0.25) is 0 Å². The molecule has 2 aliphatic heterocycles. The number of Topliss-reactive ketones (excluding diaryl/α,β-unsaturated/α-hetero) is 1. The fraction of sp³-hybridized carbons (Fsp3) is 0.160. The van der Waals surface area contributed by atoms with Crippen LogP contribution in [-0.2, 0) is 9.59 Å². The maximum atomic E-state index is 13.2. The Kier molecular flexibility index (Phi) is 5.18. The second-order valence-electron chi connectivity index (χ2n) is 7.51. The van der Waals surface area contributed by atoms with Crippen molar-refractivity contribution in [3.05, 3.63) is 83.7 Å². The normalized spacial score (nSPS) is 18.9. The van der Waals surface area contributed by atoms with Gasteiger partial charge < -0.3 is 19.3 Å². The quantitative estimate of drug-likeness (QED) is 0.374. The molecule has 1 saturated heterocycles. The fourth-order valence-electron chi connectivity index (χ4n) is 4.04. The van der Waals surface area contributed by atoms with Crippen LogP contribution in [0, 0.1) is 0 Å². The van der Waals surface area contributed by atoms with Crippen LogP contribution in [0.3, 0.4) is 0 Å². The highest BCUT2D eigenvalue weighted by molar-refractivity contribution is 6.51. The maximum Gasteiger partial charge on any atom is 0.300 e. The zero-order chi connectivity index (χ0) is 22.9. The van der Waals surface area contributed by atoms with Crippen LogP contribution < -0.4 is 19.1 Å². The number of aromatic nitrogens is 1. The van der Waals surface area contributed by atoms with E-state index in [-0.39, 0.29) is 11.3 Å². The summed E-state index contributed by atoms with van der Waals surface area (Å²) in [6, 6.07) is 14.3. The van der Waals surface area contributed by atoms with E-state index in [2.05, 4.69) is 4.98 Å². The summed E-state index contributed by atoms with van der Waals surface area (Å²) in [5.74, 6) is -0.187. The van der Waals surface area contributed by atoms with E-state index in [9.17, 15) is 14.7 Å². The van der Waals surface area contributed by atoms with Crippen LogP contribution in [-0.4, -0.2) is 42.1 Å². The van der Waals surface area contributed by atoms with Gasteiger partial charge in [-0.3, -0.25) is 19.5 Å². The summed E-state index contributed by atoms with van der Waals surface area (Å²) in [7, 11) is 1.55. The third-order valence-corrected chi connectivity index (χ3v) is 5.61. The number of aliphatic hydroxyl groups is 1. The van der Waals surface area contributed by atoms with Gasteiger partial charge in [-0.1, -0.05) is 6.07 Å². The van der Waals surface area contributed by atoms with Gasteiger partial charge >= 0.3 is 0 Å². The molecule has 166 valence electrons. The molecule has 0 saturated carbocycles. The van der Waals surface area contributed by atoms with Gasteiger partial charge in [-0.15, -0.1) is 0 Å². The number of amides is 1. The molecule has 1 atom stereocenters. The van der Waals surface area contributed by atoms with Crippen molar-refractivity contribution in [3.8, 4) is 17.2 Å². The summed E-state index contributed by atoms with van der Waals surface area (Å²) >= 11 is 0. The Morgan fingerprint density at radius 2 is 1.82 bits per heavy atom. The van der Waals surface area contributed by atoms with Crippen molar-refractivity contribution in [2.75, 3.05) is 25.2 Å². The second-order valence-corrected chi connectivity index (χ2v) is 7.51. The van der Waals surface area contributed by atoms with Gasteiger partial charge in [0.15, 0.2) is 11.5 Å². The van der Waals surface area contributed by atoms with E-state index in [0.29, 0.717) is 47.3 Å². The van der Waals surface area contributed by atoms with Gasteiger partial charge in [0.2, 0.25) is 0 Å². The molecule has 1 unspecified atom stereocenters. The van der Waals surface area contributed by atoms with Gasteiger partial charge in [0.25, 0.3) is 11.7 Å². The molecule has 2 aromatic carbocycles. The van der Waals surface area contributed by atoms with E-state index in [4.69, 9.17) is 14.2 Å². The molecule has 3 heterocycles. The van der Waals surface area contributed by atoms with E-state index in [1.165, 1.54) is 4.90 Å². The minimum absolute atomic E-state index is 0.0273. The lowest BCUT2D eigenvalue weighted by Gasteiger charge is -2.25. The minimum atomic E-state index is -0.861. The number of hydrogen-bond acceptors (Lipinski definition) is 7. The van der Waals surface area contributed by atoms with E-state index >= 15 is 0 Å². The number of ether oxygens (including phenoxy) is 3. The number of hydrogen-bond donors (Lipinski definition) is 1. The standard InChI is InChI=1S/C25H20N2O6/c1-31-18-7-5-17(6-8-18)27-22(16-3-2-10-26-14-16)21(24(29)25(27)30)23(28)15-4-9-19-20(13-15)33-12-11-32-19/h2-10,13-14,22,28H,11-12H2,1H3/b23-21-. The molecular weight excluding hydrogens is 424 g/mol. The topological polar surface area (TPSA) is 98.2 Å². The van der Waals surface area contributed by atoms with Crippen LogP contribution in [0.15, 0.2) is 72.6 Å². The summed E-state index contributed by atoms with van der Waals surface area (Å²) in [4.78, 5) is 31.9. The first-order valence-corrected chi connectivity index (χ1v) is 10.3. The SMILES string of the molecule is COc1ccc(N2C(=O)C(=O)/C(=C(\O)c3ccc4c(c3)OCCO4)C2c2cccnc2)cc1. The highest BCUT2D eigenvalue weighted by Gasteiger charge is 2.47. The molecule has 1 fully saturated rings. The summed E-state index contributed by atoms with van der Waals surface area (Å²) in [5, 5.41) is 11.2. The zero-order valence-electron chi connectivity index (χ0n) is 17.7. The number of aliphatic hydroxyl groups excluding tert-OH is 1. The molecule has 8 nitrogen and oxygen atoms in total. The van der Waals surface area contributed by atoms with Crippen molar-refractivity contribution in [1.29, 1.82) is 0 Å². The zero-order valence-corrected chi connectivity index (χ0v) is 17.7. The number of pyridine rings is 1. The first-order valence-electron chi connectivity index (χ1n) is 10.3. The molecule has 1 aromatic heterocycles. The van der Waals surface area contributed by atoms with Gasteiger partial charge in [-0.2, -0.15) is 0 Å². The molecule has 1 amide bonds. The number of carbonyl (C=O) groups is 2. The van der Waals surface area contributed by atoms with Crippen molar-refractivity contribution in [2.24, 2.45) is 0 Å². The maximum absolute atomic E-state index is 13.2. The van der Waals surface area contributed by atoms with Crippen LogP contribution >= 0.6 is 0 Å². The van der Waals surface area contributed by atoms with Gasteiger partial charge in [0, 0.05) is 23.6 Å². The third-order valence-electron chi connectivity index (χ3n) is 5.61. The van der Waals surface area contributed by atoms with Gasteiger partial charge in [-0.25, -0.2) is 0 Å². The molecule has 33 heavy (non-hydrogen) atoms. The number of nitrogens with zero attached hydrogens (tertiary/aromatic N) is 2. The Labute approximate surface area is 189 Å². The van der Waals surface area contributed by atoms with Crippen molar-refractivity contribution < 1.29 is 28.9 Å². The highest BCUT2D eigenvalue weighted by Crippen LogP contribution is 2.43. The van der Waals surface area contributed by atoms with Gasteiger partial charge in [-0.05, 0) is 54.1 Å². The first-order chi connectivity index (χ1) is 16.1. The molecule has 3 aromatic rings. The van der Waals surface area contributed by atoms with Crippen molar-refractivity contribution in [2.45, 2.75) is 6.04 Å². The summed E-state index contributed by atoms with van der Waals surface area (Å²) < 4.78 is 16.3. The Morgan fingerprint density at radius 3 is 2.52 bits per heavy atom. The molecule has 5 rings (SSSR count). The Balaban J connectivity index is 1.66. The van der Waals surface area contributed by atoms with Crippen molar-refractivity contribution in [1.82, 2.24) is 4.98 Å². The molecule has 0 aliphatic carbocycles. The Bertz CT molecular complexity index is 1250. The van der Waals surface area contributed by atoms with Crippen molar-refractivity contribution in [3.63, 3.8) is 0 Å². The number of carbonyl (C=O) groups excluding carboxylic acids is 2. The Hall–Kier alpha value is -4.33. The fourth-order valence-corrected chi connectivity index (χ4v) is 4.04. The molecule has 0 bridgehead atoms. The number of anilines is 1. The molecule has 2 aliphatic rings. The highest BCUT2D eigenvalue weighted by atomic mass is 16.6. The number of ketones is 1. The van der Waals surface area contributed by atoms with Gasteiger partial charge in [0.05, 0.1) is 18.7 Å². The van der Waals surface area contributed by atoms with Gasteiger partial charge in [0.1, 0.15) is 24.7 Å². The van der Waals surface area contributed by atoms with E-state index in [0.717, 1.165) is 0 Å². The molecule has 0 spiro atoms. The van der Waals surface area contributed by atoms with Crippen LogP contribution in [0.1, 0.15) is 17.2 Å². The molecule has 1 N–H and O–H groups in total. The largest absolute Gasteiger partial charge is 0.507 e. The summed E-state index contributed by atoms with van der Waals surface area (Å²) in [6.07, 6.45) is 3.17. The second kappa shape index (κ2) is 8.31. The molecular formula is C25H20N2O6. The number of methoxy groups -OCH3 is 1. The lowest BCUT2D eigenvalue weighted by Crippen LogP contribution is -2.29. The van der Waals surface area contributed by atoms with E-state index < -0.39 is 17.7 Å². The number of rotatable bonds is 4. The summed E-state index contributed by atoms with van der Waals surface area (Å²) in [5.41, 5.74) is 1.40. The van der Waals surface area contributed by atoms with Crippen molar-refractivity contribution >= 4 is 23.1 Å². The van der Waals surface area contributed by atoms with E-state index in [1.54, 1.807) is 74.1 Å². The van der Waals surface area contributed by atoms with Crippen LogP contribution in [0.4, 0.5) is 5.69 Å². The smallest absolute Gasteiger partial charge is 0.300 e. The lowest BCUT2D eigenvalue weighted by atomic mass is 9.96. The van der Waals surface area contributed by atoms with E-state index in [1.807, 2.05) is 0 Å². The average molecular weight is 444 g/mol.